The molecule has 6 rings (SSSR count). The van der Waals surface area contributed by atoms with E-state index in [4.69, 9.17) is 9.47 Å². The van der Waals surface area contributed by atoms with Crippen molar-refractivity contribution in [2.45, 2.75) is 24.5 Å². The fraction of sp³-hybridized carbons (Fsp3) is 0.200. The van der Waals surface area contributed by atoms with Gasteiger partial charge in [-0.1, -0.05) is 72.8 Å². The summed E-state index contributed by atoms with van der Waals surface area (Å²) in [5.74, 6) is -3.54. The second-order valence-corrected chi connectivity index (χ2v) is 11.0. The third-order valence-corrected chi connectivity index (χ3v) is 8.39. The Kier molecular flexibility index (Phi) is 7.71. The highest BCUT2D eigenvalue weighted by Crippen LogP contribution is 2.50. The minimum atomic E-state index is -1.73. The molecular weight excluding hydrogens is 560 g/mol. The van der Waals surface area contributed by atoms with E-state index in [0.29, 0.717) is 28.2 Å². The lowest BCUT2D eigenvalue weighted by molar-refractivity contribution is -0.151. The van der Waals surface area contributed by atoms with Crippen molar-refractivity contribution in [3.05, 3.63) is 131 Å². The summed E-state index contributed by atoms with van der Waals surface area (Å²) in [4.78, 5) is 54.3. The molecule has 222 valence electrons. The van der Waals surface area contributed by atoms with Crippen molar-refractivity contribution in [1.82, 2.24) is 10.2 Å². The SMILES string of the molecule is COC(=O)c1ccc(CN2C(=O)C3C(c4ccc(Oc5ccccc5)cc4)NC(Cc4ccccc4)(C(=O)O)C3C2=O)cc1. The van der Waals surface area contributed by atoms with Crippen molar-refractivity contribution in [1.29, 1.82) is 0 Å². The molecule has 4 unspecified atom stereocenters. The van der Waals surface area contributed by atoms with E-state index in [1.165, 1.54) is 7.11 Å². The number of aliphatic carboxylic acids is 1. The minimum absolute atomic E-state index is 0.0106. The molecule has 9 heteroatoms. The van der Waals surface area contributed by atoms with Gasteiger partial charge in [0, 0.05) is 12.5 Å². The van der Waals surface area contributed by atoms with Gasteiger partial charge in [0.05, 0.1) is 31.1 Å². The Labute approximate surface area is 254 Å². The highest BCUT2D eigenvalue weighted by atomic mass is 16.5. The number of carbonyl (C=O) groups excluding carboxylic acids is 3. The van der Waals surface area contributed by atoms with Crippen LogP contribution in [0.25, 0.3) is 0 Å². The van der Waals surface area contributed by atoms with E-state index in [1.54, 1.807) is 48.5 Å². The number of methoxy groups -OCH3 is 1. The number of nitrogens with zero attached hydrogens (tertiary/aromatic N) is 1. The molecule has 2 heterocycles. The Hall–Kier alpha value is -5.28. The predicted molar refractivity (Wildman–Crippen MR) is 160 cm³/mol. The Bertz CT molecular complexity index is 1690. The second kappa shape index (κ2) is 11.8. The Morgan fingerprint density at radius 1 is 0.795 bits per heavy atom. The molecule has 0 aliphatic carbocycles. The molecule has 0 spiro atoms. The molecule has 0 aromatic heterocycles. The average Bonchev–Trinajstić information content (AvgIpc) is 3.52. The summed E-state index contributed by atoms with van der Waals surface area (Å²) < 4.78 is 10.7. The summed E-state index contributed by atoms with van der Waals surface area (Å²) in [7, 11) is 1.29. The smallest absolute Gasteiger partial charge is 0.337 e. The first-order chi connectivity index (χ1) is 21.3. The van der Waals surface area contributed by atoms with Crippen molar-refractivity contribution in [3.63, 3.8) is 0 Å². The maximum Gasteiger partial charge on any atom is 0.337 e. The summed E-state index contributed by atoms with van der Waals surface area (Å²) in [6.45, 7) is -0.0519. The molecule has 4 atom stereocenters. The quantitative estimate of drug-likeness (QED) is 0.211. The summed E-state index contributed by atoms with van der Waals surface area (Å²) in [6, 6.07) is 31.2. The third kappa shape index (κ3) is 5.22. The van der Waals surface area contributed by atoms with Crippen LogP contribution in [0, 0.1) is 11.8 Å². The zero-order valence-corrected chi connectivity index (χ0v) is 23.9. The van der Waals surface area contributed by atoms with Gasteiger partial charge in [-0.15, -0.1) is 0 Å². The number of esters is 1. The van der Waals surface area contributed by atoms with Crippen molar-refractivity contribution in [2.24, 2.45) is 11.8 Å². The fourth-order valence-electron chi connectivity index (χ4n) is 6.27. The van der Waals surface area contributed by atoms with Gasteiger partial charge in [0.15, 0.2) is 0 Å². The normalized spacial score (nSPS) is 22.5. The summed E-state index contributed by atoms with van der Waals surface area (Å²) in [5.41, 5.74) is 0.623. The molecule has 2 saturated heterocycles. The number of para-hydroxylation sites is 1. The standard InChI is InChI=1S/C35H30N2O7/c1-43-33(40)25-14-12-23(13-15-25)21-37-31(38)28-29(32(37)39)35(34(41)42,20-22-8-4-2-5-9-22)36-30(28)24-16-18-27(19-17-24)44-26-10-6-3-7-11-26/h2-19,28-30,36H,20-21H2,1H3,(H,41,42). The minimum Gasteiger partial charge on any atom is -0.480 e. The van der Waals surface area contributed by atoms with Gasteiger partial charge in [-0.2, -0.15) is 0 Å². The van der Waals surface area contributed by atoms with Crippen LogP contribution < -0.4 is 10.1 Å². The first-order valence-corrected chi connectivity index (χ1v) is 14.2. The summed E-state index contributed by atoms with van der Waals surface area (Å²) >= 11 is 0. The zero-order chi connectivity index (χ0) is 30.8. The van der Waals surface area contributed by atoms with E-state index >= 15 is 0 Å². The van der Waals surface area contributed by atoms with Gasteiger partial charge in [-0.05, 0) is 53.1 Å². The van der Waals surface area contributed by atoms with Crippen molar-refractivity contribution in [3.8, 4) is 11.5 Å². The maximum atomic E-state index is 14.1. The Morgan fingerprint density at radius 2 is 1.41 bits per heavy atom. The number of ether oxygens (including phenoxy) is 2. The summed E-state index contributed by atoms with van der Waals surface area (Å²) in [6.07, 6.45) is 0.0106. The molecule has 4 aromatic rings. The van der Waals surface area contributed by atoms with Gasteiger partial charge >= 0.3 is 11.9 Å². The van der Waals surface area contributed by atoms with Gasteiger partial charge < -0.3 is 14.6 Å². The number of carboxylic acids is 1. The molecule has 2 fully saturated rings. The van der Waals surface area contributed by atoms with Gasteiger partial charge in [0.25, 0.3) is 0 Å². The Balaban J connectivity index is 1.35. The number of imide groups is 1. The number of carboxylic acid groups (broad SMARTS) is 1. The van der Waals surface area contributed by atoms with Gasteiger partial charge in [0.2, 0.25) is 11.8 Å². The maximum absolute atomic E-state index is 14.1. The molecule has 0 radical (unpaired) electrons. The number of hydrogen-bond acceptors (Lipinski definition) is 7. The van der Waals surface area contributed by atoms with Crippen LogP contribution in [-0.2, 0) is 32.1 Å². The van der Waals surface area contributed by atoms with E-state index in [9.17, 15) is 24.3 Å². The topological polar surface area (TPSA) is 122 Å². The Morgan fingerprint density at radius 3 is 2.02 bits per heavy atom. The van der Waals surface area contributed by atoms with E-state index in [1.807, 2.05) is 60.7 Å². The molecule has 2 aliphatic rings. The second-order valence-electron chi connectivity index (χ2n) is 11.0. The molecule has 0 saturated carbocycles. The molecular formula is C35H30N2O7. The first-order valence-electron chi connectivity index (χ1n) is 14.2. The molecule has 9 nitrogen and oxygen atoms in total. The molecule has 0 bridgehead atoms. The number of hydrogen-bond donors (Lipinski definition) is 2. The van der Waals surface area contributed by atoms with E-state index in [0.717, 1.165) is 10.5 Å². The number of fused-ring (bicyclic) bond motifs is 1. The van der Waals surface area contributed by atoms with Crippen molar-refractivity contribution in [2.75, 3.05) is 7.11 Å². The molecule has 2 amide bonds. The number of carbonyl (C=O) groups is 4. The van der Waals surface area contributed by atoms with Crippen LogP contribution in [0.3, 0.4) is 0 Å². The van der Waals surface area contributed by atoms with Crippen molar-refractivity contribution < 1.29 is 33.8 Å². The summed E-state index contributed by atoms with van der Waals surface area (Å²) in [5, 5.41) is 14.0. The lowest BCUT2D eigenvalue weighted by Crippen LogP contribution is -2.57. The number of nitrogens with one attached hydrogen (secondary N) is 1. The number of likely N-dealkylation sites (tertiary alicyclic amines) is 1. The third-order valence-electron chi connectivity index (χ3n) is 8.39. The molecule has 2 N–H and O–H groups in total. The fourth-order valence-corrected chi connectivity index (χ4v) is 6.27. The monoisotopic (exact) mass is 590 g/mol. The van der Waals surface area contributed by atoms with E-state index in [2.05, 4.69) is 5.32 Å². The molecule has 2 aliphatic heterocycles. The van der Waals surface area contributed by atoms with Crippen molar-refractivity contribution >= 4 is 23.8 Å². The van der Waals surface area contributed by atoms with Gasteiger partial charge in [-0.3, -0.25) is 24.6 Å². The molecule has 4 aromatic carbocycles. The highest BCUT2D eigenvalue weighted by molar-refractivity contribution is 6.09. The van der Waals surface area contributed by atoms with Crippen LogP contribution >= 0.6 is 0 Å². The van der Waals surface area contributed by atoms with Crippen LogP contribution in [0.4, 0.5) is 0 Å². The lowest BCUT2D eigenvalue weighted by atomic mass is 9.76. The van der Waals surface area contributed by atoms with Crippen LogP contribution in [0.15, 0.2) is 109 Å². The van der Waals surface area contributed by atoms with Gasteiger partial charge in [-0.25, -0.2) is 4.79 Å². The number of rotatable bonds is 9. The van der Waals surface area contributed by atoms with Crippen LogP contribution in [0.1, 0.15) is 33.1 Å². The number of amides is 2. The largest absolute Gasteiger partial charge is 0.480 e. The van der Waals surface area contributed by atoms with Gasteiger partial charge in [0.1, 0.15) is 17.0 Å². The number of benzene rings is 4. The average molecular weight is 591 g/mol. The first kappa shape index (κ1) is 28.8. The highest BCUT2D eigenvalue weighted by Gasteiger charge is 2.68. The predicted octanol–water partition coefficient (Wildman–Crippen LogP) is 4.78. The molecule has 44 heavy (non-hydrogen) atoms. The van der Waals surface area contributed by atoms with Crippen LogP contribution in [0.2, 0.25) is 0 Å². The zero-order valence-electron chi connectivity index (χ0n) is 23.9. The lowest BCUT2D eigenvalue weighted by Gasteiger charge is -2.31. The van der Waals surface area contributed by atoms with E-state index in [-0.39, 0.29) is 13.0 Å². The van der Waals surface area contributed by atoms with E-state index < -0.39 is 47.2 Å². The van der Waals surface area contributed by atoms with Crippen LogP contribution in [0.5, 0.6) is 11.5 Å². The van der Waals surface area contributed by atoms with Crippen LogP contribution in [-0.4, -0.2) is 46.4 Å².